The second-order valence-electron chi connectivity index (χ2n) is 6.88. The standard InChI is InChI=1S/C16H24N2O2/c1-15(2)13(17)16(3,4)14(15)18-12(20)11(19)10-8-6-5-7-9-10/h5-9,11,13-14,19H,17H2,1-4H3,(H,18,20). The van der Waals surface area contributed by atoms with Crippen molar-refractivity contribution in [3.05, 3.63) is 35.9 Å². The fraction of sp³-hybridized carbons (Fsp3) is 0.562. The monoisotopic (exact) mass is 276 g/mol. The lowest BCUT2D eigenvalue weighted by molar-refractivity contribution is -0.140. The molecular weight excluding hydrogens is 252 g/mol. The molecule has 1 aliphatic rings. The summed E-state index contributed by atoms with van der Waals surface area (Å²) >= 11 is 0. The molecule has 1 fully saturated rings. The van der Waals surface area contributed by atoms with E-state index in [2.05, 4.69) is 5.32 Å². The number of aliphatic hydroxyl groups is 1. The van der Waals surface area contributed by atoms with Crippen LogP contribution in [0.15, 0.2) is 30.3 Å². The third-order valence-corrected chi connectivity index (χ3v) is 4.74. The molecule has 2 rings (SSSR count). The molecule has 20 heavy (non-hydrogen) atoms. The summed E-state index contributed by atoms with van der Waals surface area (Å²) in [4.78, 5) is 12.2. The minimum Gasteiger partial charge on any atom is -0.378 e. The molecule has 0 aliphatic heterocycles. The normalized spacial score (nSPS) is 28.3. The zero-order valence-electron chi connectivity index (χ0n) is 12.6. The summed E-state index contributed by atoms with van der Waals surface area (Å²) < 4.78 is 0. The van der Waals surface area contributed by atoms with Gasteiger partial charge in [0.05, 0.1) is 0 Å². The molecule has 0 saturated heterocycles. The largest absolute Gasteiger partial charge is 0.378 e. The van der Waals surface area contributed by atoms with Gasteiger partial charge in [-0.15, -0.1) is 0 Å². The highest BCUT2D eigenvalue weighted by Gasteiger charge is 2.60. The molecule has 1 aromatic rings. The van der Waals surface area contributed by atoms with Crippen LogP contribution < -0.4 is 11.1 Å². The smallest absolute Gasteiger partial charge is 0.253 e. The number of hydrogen-bond donors (Lipinski definition) is 3. The van der Waals surface area contributed by atoms with Gasteiger partial charge in [-0.25, -0.2) is 0 Å². The Morgan fingerprint density at radius 1 is 1.20 bits per heavy atom. The van der Waals surface area contributed by atoms with E-state index in [1.807, 2.05) is 33.8 Å². The maximum Gasteiger partial charge on any atom is 0.253 e. The Balaban J connectivity index is 2.09. The van der Waals surface area contributed by atoms with Crippen LogP contribution in [0.1, 0.15) is 39.4 Å². The number of aliphatic hydroxyl groups excluding tert-OH is 1. The first-order chi connectivity index (χ1) is 9.19. The Morgan fingerprint density at radius 3 is 2.20 bits per heavy atom. The van der Waals surface area contributed by atoms with Crippen molar-refractivity contribution in [2.75, 3.05) is 0 Å². The van der Waals surface area contributed by atoms with Crippen LogP contribution in [0.4, 0.5) is 0 Å². The maximum absolute atomic E-state index is 12.2. The van der Waals surface area contributed by atoms with Crippen LogP contribution >= 0.6 is 0 Å². The lowest BCUT2D eigenvalue weighted by Crippen LogP contribution is -2.76. The number of nitrogens with one attached hydrogen (secondary N) is 1. The topological polar surface area (TPSA) is 75.3 Å². The van der Waals surface area contributed by atoms with Gasteiger partial charge in [-0.05, 0) is 5.56 Å². The molecule has 110 valence electrons. The van der Waals surface area contributed by atoms with E-state index in [-0.39, 0.29) is 28.8 Å². The molecule has 0 heterocycles. The fourth-order valence-electron chi connectivity index (χ4n) is 3.56. The zero-order valence-corrected chi connectivity index (χ0v) is 12.6. The summed E-state index contributed by atoms with van der Waals surface area (Å²) in [5.41, 5.74) is 6.43. The van der Waals surface area contributed by atoms with E-state index < -0.39 is 6.10 Å². The van der Waals surface area contributed by atoms with E-state index >= 15 is 0 Å². The molecule has 1 saturated carbocycles. The summed E-state index contributed by atoms with van der Waals surface area (Å²) in [6.45, 7) is 8.18. The molecule has 1 atom stereocenters. The summed E-state index contributed by atoms with van der Waals surface area (Å²) in [6.07, 6.45) is -1.14. The van der Waals surface area contributed by atoms with Crippen molar-refractivity contribution in [3.8, 4) is 0 Å². The Bertz CT molecular complexity index is 480. The average molecular weight is 276 g/mol. The average Bonchev–Trinajstić information content (AvgIpc) is 2.43. The van der Waals surface area contributed by atoms with E-state index in [1.165, 1.54) is 0 Å². The molecular formula is C16H24N2O2. The van der Waals surface area contributed by atoms with Crippen LogP contribution in [0, 0.1) is 10.8 Å². The van der Waals surface area contributed by atoms with E-state index in [0.717, 1.165) is 0 Å². The highest BCUT2D eigenvalue weighted by atomic mass is 16.3. The van der Waals surface area contributed by atoms with Gasteiger partial charge < -0.3 is 16.2 Å². The summed E-state index contributed by atoms with van der Waals surface area (Å²) in [7, 11) is 0. The van der Waals surface area contributed by atoms with Gasteiger partial charge in [-0.3, -0.25) is 4.79 Å². The van der Waals surface area contributed by atoms with Crippen molar-refractivity contribution >= 4 is 5.91 Å². The highest BCUT2D eigenvalue weighted by molar-refractivity contribution is 5.82. The maximum atomic E-state index is 12.2. The van der Waals surface area contributed by atoms with Gasteiger partial charge in [0, 0.05) is 22.9 Å². The lowest BCUT2D eigenvalue weighted by atomic mass is 9.48. The van der Waals surface area contributed by atoms with Gasteiger partial charge in [-0.2, -0.15) is 0 Å². The van der Waals surface area contributed by atoms with E-state index in [0.29, 0.717) is 5.56 Å². The van der Waals surface area contributed by atoms with E-state index in [4.69, 9.17) is 5.73 Å². The van der Waals surface area contributed by atoms with Crippen LogP contribution in [-0.2, 0) is 4.79 Å². The van der Waals surface area contributed by atoms with Gasteiger partial charge in [0.2, 0.25) is 0 Å². The van der Waals surface area contributed by atoms with E-state index in [1.54, 1.807) is 24.3 Å². The first-order valence-electron chi connectivity index (χ1n) is 6.98. The van der Waals surface area contributed by atoms with Crippen molar-refractivity contribution in [3.63, 3.8) is 0 Å². The summed E-state index contributed by atoms with van der Waals surface area (Å²) in [6, 6.07) is 8.92. The predicted octanol–water partition coefficient (Wildman–Crippen LogP) is 1.60. The molecule has 1 amide bonds. The van der Waals surface area contributed by atoms with Gasteiger partial charge in [0.25, 0.3) is 5.91 Å². The number of hydrogen-bond acceptors (Lipinski definition) is 3. The minimum absolute atomic E-state index is 0.0224. The molecule has 4 heteroatoms. The quantitative estimate of drug-likeness (QED) is 0.785. The Kier molecular flexibility index (Phi) is 3.65. The molecule has 1 aromatic carbocycles. The molecule has 1 aliphatic carbocycles. The second-order valence-corrected chi connectivity index (χ2v) is 6.88. The number of benzene rings is 1. The fourth-order valence-corrected chi connectivity index (χ4v) is 3.56. The van der Waals surface area contributed by atoms with Crippen molar-refractivity contribution in [2.24, 2.45) is 16.6 Å². The molecule has 4 nitrogen and oxygen atoms in total. The molecule has 0 radical (unpaired) electrons. The first-order valence-corrected chi connectivity index (χ1v) is 6.98. The molecule has 0 aromatic heterocycles. The second kappa shape index (κ2) is 4.86. The van der Waals surface area contributed by atoms with Crippen LogP contribution in [0.3, 0.4) is 0 Å². The molecule has 0 spiro atoms. The SMILES string of the molecule is CC1(C)C(N)C(C)(C)C1NC(=O)C(O)c1ccccc1. The number of carbonyl (C=O) groups excluding carboxylic acids is 1. The Hall–Kier alpha value is -1.39. The van der Waals surface area contributed by atoms with Crippen LogP contribution in [0.25, 0.3) is 0 Å². The Morgan fingerprint density at radius 2 is 1.70 bits per heavy atom. The molecule has 1 unspecified atom stereocenters. The van der Waals surface area contributed by atoms with Gasteiger partial charge in [0.1, 0.15) is 0 Å². The van der Waals surface area contributed by atoms with Crippen LogP contribution in [-0.4, -0.2) is 23.1 Å². The van der Waals surface area contributed by atoms with Crippen molar-refractivity contribution in [1.82, 2.24) is 5.32 Å². The predicted molar refractivity (Wildman–Crippen MR) is 78.9 cm³/mol. The lowest BCUT2D eigenvalue weighted by Gasteiger charge is -2.63. The number of amides is 1. The number of nitrogens with two attached hydrogens (primary N) is 1. The molecule has 0 bridgehead atoms. The third kappa shape index (κ3) is 2.23. The van der Waals surface area contributed by atoms with Crippen molar-refractivity contribution < 1.29 is 9.90 Å². The van der Waals surface area contributed by atoms with Crippen LogP contribution in [0.2, 0.25) is 0 Å². The van der Waals surface area contributed by atoms with Crippen LogP contribution in [0.5, 0.6) is 0 Å². The minimum atomic E-state index is -1.14. The summed E-state index contributed by atoms with van der Waals surface area (Å²) in [5, 5.41) is 13.1. The van der Waals surface area contributed by atoms with Gasteiger partial charge >= 0.3 is 0 Å². The van der Waals surface area contributed by atoms with Gasteiger partial charge in [0.15, 0.2) is 6.10 Å². The third-order valence-electron chi connectivity index (χ3n) is 4.74. The van der Waals surface area contributed by atoms with Crippen molar-refractivity contribution in [2.45, 2.75) is 45.9 Å². The number of rotatable bonds is 3. The summed E-state index contributed by atoms with van der Waals surface area (Å²) in [5.74, 6) is -0.366. The van der Waals surface area contributed by atoms with Gasteiger partial charge in [-0.1, -0.05) is 58.0 Å². The van der Waals surface area contributed by atoms with Crippen molar-refractivity contribution in [1.29, 1.82) is 0 Å². The highest BCUT2D eigenvalue weighted by Crippen LogP contribution is 2.52. The Labute approximate surface area is 120 Å². The van der Waals surface area contributed by atoms with E-state index in [9.17, 15) is 9.90 Å². The number of carbonyl (C=O) groups is 1. The molecule has 4 N–H and O–H groups in total. The zero-order chi connectivity index (χ0) is 15.1. The first kappa shape index (κ1) is 15.0.